The molecule has 224 valence electrons. The van der Waals surface area contributed by atoms with Crippen molar-refractivity contribution in [1.29, 1.82) is 0 Å². The summed E-state index contributed by atoms with van der Waals surface area (Å²) < 4.78 is 0. The summed E-state index contributed by atoms with van der Waals surface area (Å²) in [6.45, 7) is 9.38. The maximum Gasteiger partial charge on any atom is 0.407 e. The van der Waals surface area contributed by atoms with Gasteiger partial charge in [0.1, 0.15) is 5.75 Å². The van der Waals surface area contributed by atoms with E-state index in [4.69, 9.17) is 5.73 Å². The Morgan fingerprint density at radius 1 is 0.952 bits per heavy atom. The molecule has 0 saturated carbocycles. The topological polar surface area (TPSA) is 145 Å². The van der Waals surface area contributed by atoms with Crippen LogP contribution in [0.5, 0.6) is 5.75 Å². The van der Waals surface area contributed by atoms with Crippen molar-refractivity contribution in [2.45, 2.75) is 65.1 Å². The first-order valence-electron chi connectivity index (χ1n) is 14.0. The van der Waals surface area contributed by atoms with Crippen molar-refractivity contribution in [1.82, 2.24) is 15.5 Å². The standard InChI is InChI=1S/C33H42N4O5/c1-21-16-28(38)22(2)23(3)30(21)27(34)17-29(39)36-33(4,5)20-35-31(40)26(25-14-10-7-11-15-25)19-37(32(41)42)18-24-12-8-6-9-13-24/h6-16,26-27,38H,17-20,34H2,1-5H3,(H,35,40)(H,36,39)(H,41,42). The third-order valence-electron chi connectivity index (χ3n) is 7.50. The van der Waals surface area contributed by atoms with Gasteiger partial charge in [0.05, 0.1) is 11.5 Å². The van der Waals surface area contributed by atoms with Crippen molar-refractivity contribution in [2.75, 3.05) is 13.1 Å². The predicted octanol–water partition coefficient (Wildman–Crippen LogP) is 4.68. The van der Waals surface area contributed by atoms with Gasteiger partial charge < -0.3 is 31.5 Å². The molecule has 42 heavy (non-hydrogen) atoms. The molecule has 9 nitrogen and oxygen atoms in total. The zero-order valence-corrected chi connectivity index (χ0v) is 25.0. The summed E-state index contributed by atoms with van der Waals surface area (Å²) in [4.78, 5) is 39.8. The summed E-state index contributed by atoms with van der Waals surface area (Å²) in [6.07, 6.45) is -1.09. The minimum absolute atomic E-state index is 0.0307. The second-order valence-corrected chi connectivity index (χ2v) is 11.4. The lowest BCUT2D eigenvalue weighted by atomic mass is 9.90. The number of hydrogen-bond acceptors (Lipinski definition) is 5. The molecule has 2 unspecified atom stereocenters. The quantitative estimate of drug-likeness (QED) is 0.212. The number of carbonyl (C=O) groups excluding carboxylic acids is 2. The summed E-state index contributed by atoms with van der Waals surface area (Å²) >= 11 is 0. The van der Waals surface area contributed by atoms with E-state index in [0.29, 0.717) is 5.56 Å². The molecule has 0 bridgehead atoms. The molecule has 0 aliphatic heterocycles. The second kappa shape index (κ2) is 14.0. The van der Waals surface area contributed by atoms with Gasteiger partial charge in [-0.15, -0.1) is 0 Å². The van der Waals surface area contributed by atoms with E-state index in [-0.39, 0.29) is 43.6 Å². The van der Waals surface area contributed by atoms with Crippen LogP contribution in [0.4, 0.5) is 4.79 Å². The van der Waals surface area contributed by atoms with E-state index < -0.39 is 23.6 Å². The molecule has 0 saturated heterocycles. The third kappa shape index (κ3) is 8.57. The van der Waals surface area contributed by atoms with Crippen molar-refractivity contribution in [3.05, 3.63) is 100 Å². The highest BCUT2D eigenvalue weighted by Gasteiger charge is 2.29. The van der Waals surface area contributed by atoms with Crippen LogP contribution in [-0.4, -0.2) is 51.6 Å². The Morgan fingerprint density at radius 3 is 2.14 bits per heavy atom. The highest BCUT2D eigenvalue weighted by atomic mass is 16.4. The zero-order chi connectivity index (χ0) is 31.0. The van der Waals surface area contributed by atoms with Crippen LogP contribution in [0.3, 0.4) is 0 Å². The number of benzene rings is 3. The van der Waals surface area contributed by atoms with Crippen LogP contribution < -0.4 is 16.4 Å². The van der Waals surface area contributed by atoms with E-state index in [1.807, 2.05) is 69.3 Å². The van der Waals surface area contributed by atoms with Crippen molar-refractivity contribution in [3.8, 4) is 5.75 Å². The predicted molar refractivity (Wildman–Crippen MR) is 163 cm³/mol. The lowest BCUT2D eigenvalue weighted by Crippen LogP contribution is -2.53. The Labute approximate surface area is 247 Å². The van der Waals surface area contributed by atoms with E-state index >= 15 is 0 Å². The summed E-state index contributed by atoms with van der Waals surface area (Å²) in [5.41, 5.74) is 10.4. The van der Waals surface area contributed by atoms with Gasteiger partial charge in [0.25, 0.3) is 0 Å². The average Bonchev–Trinajstić information content (AvgIpc) is 2.93. The van der Waals surface area contributed by atoms with Crippen LogP contribution in [0.25, 0.3) is 0 Å². The Bertz CT molecular complexity index is 1390. The normalized spacial score (nSPS) is 12.7. The molecule has 0 heterocycles. The van der Waals surface area contributed by atoms with Crippen LogP contribution in [0.2, 0.25) is 0 Å². The van der Waals surface area contributed by atoms with E-state index in [9.17, 15) is 24.6 Å². The number of nitrogens with one attached hydrogen (secondary N) is 2. The summed E-state index contributed by atoms with van der Waals surface area (Å²) in [5.74, 6) is -1.17. The SMILES string of the molecule is Cc1cc(O)c(C)c(C)c1C(N)CC(=O)NC(C)(C)CNC(=O)C(CN(Cc1ccccc1)C(=O)O)c1ccccc1. The largest absolute Gasteiger partial charge is 0.508 e. The number of phenolic OH excluding ortho intramolecular Hbond substituents is 1. The van der Waals surface area contributed by atoms with Gasteiger partial charge in [-0.05, 0) is 74.1 Å². The molecule has 3 amide bonds. The molecule has 0 spiro atoms. The highest BCUT2D eigenvalue weighted by Crippen LogP contribution is 2.31. The van der Waals surface area contributed by atoms with E-state index in [0.717, 1.165) is 27.8 Å². The second-order valence-electron chi connectivity index (χ2n) is 11.4. The Hall–Kier alpha value is -4.37. The van der Waals surface area contributed by atoms with Crippen LogP contribution >= 0.6 is 0 Å². The monoisotopic (exact) mass is 574 g/mol. The fourth-order valence-corrected chi connectivity index (χ4v) is 5.12. The van der Waals surface area contributed by atoms with Crippen molar-refractivity contribution >= 4 is 17.9 Å². The number of nitrogens with two attached hydrogens (primary N) is 1. The summed E-state index contributed by atoms with van der Waals surface area (Å²) in [7, 11) is 0. The van der Waals surface area contributed by atoms with Crippen LogP contribution in [-0.2, 0) is 16.1 Å². The van der Waals surface area contributed by atoms with Gasteiger partial charge in [-0.3, -0.25) is 9.59 Å². The molecular formula is C33H42N4O5. The fraction of sp³-hybridized carbons (Fsp3) is 0.364. The van der Waals surface area contributed by atoms with Crippen LogP contribution in [0.1, 0.15) is 65.6 Å². The van der Waals surface area contributed by atoms with Gasteiger partial charge in [0.15, 0.2) is 0 Å². The molecule has 3 rings (SSSR count). The maximum absolute atomic E-state index is 13.5. The van der Waals surface area contributed by atoms with Crippen molar-refractivity contribution in [2.24, 2.45) is 5.73 Å². The summed E-state index contributed by atoms with van der Waals surface area (Å²) in [5, 5.41) is 25.9. The molecule has 2 atom stereocenters. The van der Waals surface area contributed by atoms with Gasteiger partial charge in [-0.2, -0.15) is 0 Å². The Morgan fingerprint density at radius 2 is 1.55 bits per heavy atom. The minimum atomic E-state index is -1.12. The highest BCUT2D eigenvalue weighted by molar-refractivity contribution is 5.85. The van der Waals surface area contributed by atoms with Gasteiger partial charge in [-0.25, -0.2) is 4.79 Å². The number of carbonyl (C=O) groups is 3. The fourth-order valence-electron chi connectivity index (χ4n) is 5.12. The molecule has 9 heteroatoms. The number of hydrogen-bond donors (Lipinski definition) is 5. The lowest BCUT2D eigenvalue weighted by molar-refractivity contribution is -0.125. The molecule has 0 fully saturated rings. The molecule has 0 aliphatic rings. The number of nitrogens with zero attached hydrogens (tertiary/aromatic N) is 1. The number of phenols is 1. The van der Waals surface area contributed by atoms with Crippen molar-refractivity contribution in [3.63, 3.8) is 0 Å². The van der Waals surface area contributed by atoms with E-state index in [1.165, 1.54) is 4.90 Å². The molecular weight excluding hydrogens is 532 g/mol. The first-order chi connectivity index (χ1) is 19.8. The number of rotatable bonds is 12. The zero-order valence-electron chi connectivity index (χ0n) is 25.0. The smallest absolute Gasteiger partial charge is 0.407 e. The molecule has 0 aromatic heterocycles. The Balaban J connectivity index is 1.67. The number of carboxylic acid groups (broad SMARTS) is 1. The minimum Gasteiger partial charge on any atom is -0.508 e. The van der Waals surface area contributed by atoms with Crippen LogP contribution in [0.15, 0.2) is 66.7 Å². The van der Waals surface area contributed by atoms with Crippen molar-refractivity contribution < 1.29 is 24.6 Å². The molecule has 0 aliphatic carbocycles. The number of aromatic hydroxyl groups is 1. The van der Waals surface area contributed by atoms with Gasteiger partial charge in [0, 0.05) is 32.1 Å². The maximum atomic E-state index is 13.5. The number of amides is 3. The van der Waals surface area contributed by atoms with Gasteiger partial charge >= 0.3 is 6.09 Å². The van der Waals surface area contributed by atoms with Gasteiger partial charge in [-0.1, -0.05) is 60.7 Å². The lowest BCUT2D eigenvalue weighted by Gasteiger charge is -2.30. The Kier molecular flexibility index (Phi) is 10.7. The average molecular weight is 575 g/mol. The molecule has 3 aromatic rings. The molecule has 6 N–H and O–H groups in total. The van der Waals surface area contributed by atoms with E-state index in [1.54, 1.807) is 32.0 Å². The first-order valence-corrected chi connectivity index (χ1v) is 14.0. The number of aryl methyl sites for hydroxylation is 1. The van der Waals surface area contributed by atoms with E-state index in [2.05, 4.69) is 10.6 Å². The first kappa shape index (κ1) is 32.1. The molecule has 0 radical (unpaired) electrons. The molecule has 3 aromatic carbocycles. The summed E-state index contributed by atoms with van der Waals surface area (Å²) in [6, 6.07) is 19.4. The van der Waals surface area contributed by atoms with Gasteiger partial charge in [0.2, 0.25) is 11.8 Å². The third-order valence-corrected chi connectivity index (χ3v) is 7.50. The van der Waals surface area contributed by atoms with Crippen LogP contribution in [0, 0.1) is 20.8 Å².